The van der Waals surface area contributed by atoms with Crippen LogP contribution >= 0.6 is 0 Å². The van der Waals surface area contributed by atoms with Crippen LogP contribution in [0.1, 0.15) is 0 Å². The number of benzene rings is 9. The van der Waals surface area contributed by atoms with Crippen molar-refractivity contribution in [1.29, 1.82) is 0 Å². The number of nitrogens with zero attached hydrogens (tertiary/aromatic N) is 1. The molecule has 0 bridgehead atoms. The van der Waals surface area contributed by atoms with Crippen molar-refractivity contribution >= 4 is 70.9 Å². The fourth-order valence-electron chi connectivity index (χ4n) is 7.06. The highest BCUT2D eigenvalue weighted by atomic mass is 15.1. The summed E-state index contributed by atoms with van der Waals surface area (Å²) in [5, 5.41) is 12.6. The minimum absolute atomic E-state index is 1.13. The Morgan fingerprint density at radius 2 is 0.844 bits per heavy atom. The quantitative estimate of drug-likeness (QED) is 0.190. The highest BCUT2D eigenvalue weighted by molar-refractivity contribution is 6.24. The number of hydrogen-bond acceptors (Lipinski definition) is 1. The van der Waals surface area contributed by atoms with Crippen molar-refractivity contribution in [2.45, 2.75) is 0 Å². The van der Waals surface area contributed by atoms with Crippen LogP contribution in [0.2, 0.25) is 0 Å². The molecule has 0 spiro atoms. The minimum atomic E-state index is 1.13. The van der Waals surface area contributed by atoms with E-state index in [0.29, 0.717) is 0 Å². The highest BCUT2D eigenvalue weighted by Crippen LogP contribution is 2.45. The fourth-order valence-corrected chi connectivity index (χ4v) is 7.06. The maximum Gasteiger partial charge on any atom is 0.0546 e. The van der Waals surface area contributed by atoms with E-state index < -0.39 is 0 Å². The lowest BCUT2D eigenvalue weighted by atomic mass is 9.94. The van der Waals surface area contributed by atoms with Gasteiger partial charge in [0.15, 0.2) is 0 Å². The van der Waals surface area contributed by atoms with Crippen LogP contribution in [0.3, 0.4) is 0 Å². The van der Waals surface area contributed by atoms with Gasteiger partial charge in [0, 0.05) is 16.8 Å². The Kier molecular flexibility index (Phi) is 5.89. The summed E-state index contributed by atoms with van der Waals surface area (Å²) in [4.78, 5) is 2.45. The van der Waals surface area contributed by atoms with Crippen molar-refractivity contribution in [1.82, 2.24) is 0 Å². The van der Waals surface area contributed by atoms with E-state index in [0.717, 1.165) is 11.4 Å². The first kappa shape index (κ1) is 25.6. The van der Waals surface area contributed by atoms with Gasteiger partial charge in [-0.3, -0.25) is 0 Å². The summed E-state index contributed by atoms with van der Waals surface area (Å²) in [6, 6.07) is 64.1. The molecule has 9 rings (SSSR count). The number of hydrogen-bond donors (Lipinski definition) is 0. The zero-order valence-electron chi connectivity index (χ0n) is 24.7. The second-order valence-electron chi connectivity index (χ2n) is 11.8. The molecule has 9 aromatic carbocycles. The Bertz CT molecular complexity index is 2540. The smallest absolute Gasteiger partial charge is 0.0546 e. The molecule has 0 N–H and O–H groups in total. The van der Waals surface area contributed by atoms with Crippen molar-refractivity contribution in [3.63, 3.8) is 0 Å². The summed E-state index contributed by atoms with van der Waals surface area (Å²) in [5.41, 5.74) is 5.83. The van der Waals surface area contributed by atoms with Gasteiger partial charge in [-0.25, -0.2) is 0 Å². The Labute approximate surface area is 262 Å². The summed E-state index contributed by atoms with van der Waals surface area (Å²) < 4.78 is 0. The molecule has 0 saturated heterocycles. The Balaban J connectivity index is 1.37. The maximum absolute atomic E-state index is 2.45. The van der Waals surface area contributed by atoms with Crippen LogP contribution in [0.4, 0.5) is 17.1 Å². The highest BCUT2D eigenvalue weighted by Gasteiger charge is 2.19. The normalized spacial score (nSPS) is 11.6. The van der Waals surface area contributed by atoms with Crippen molar-refractivity contribution in [2.24, 2.45) is 0 Å². The standard InChI is InChI=1S/C44H29N/c1-2-10-30(11-3-1)35-15-8-16-37(28-35)45(38-26-27-40-36(29-38)25-21-31-12-4-6-17-39(31)40)42-19-9-14-33-23-24-34-22-20-32-13-5-7-18-41(32)43(34)44(33)42/h1-29H. The molecule has 0 saturated carbocycles. The topological polar surface area (TPSA) is 3.24 Å². The molecule has 210 valence electrons. The molecule has 0 fully saturated rings. The van der Waals surface area contributed by atoms with Crippen molar-refractivity contribution < 1.29 is 0 Å². The summed E-state index contributed by atoms with van der Waals surface area (Å²) in [6.45, 7) is 0. The van der Waals surface area contributed by atoms with Gasteiger partial charge in [0.05, 0.1) is 5.69 Å². The van der Waals surface area contributed by atoms with Gasteiger partial charge in [-0.1, -0.05) is 146 Å². The second-order valence-corrected chi connectivity index (χ2v) is 11.8. The van der Waals surface area contributed by atoms with E-state index in [1.807, 2.05) is 0 Å². The van der Waals surface area contributed by atoms with Crippen LogP contribution in [0.15, 0.2) is 176 Å². The van der Waals surface area contributed by atoms with Crippen LogP contribution in [-0.4, -0.2) is 0 Å². The lowest BCUT2D eigenvalue weighted by molar-refractivity contribution is 1.31. The number of anilines is 3. The molecular formula is C44H29N. The third-order valence-electron chi connectivity index (χ3n) is 9.17. The van der Waals surface area contributed by atoms with Gasteiger partial charge in [0.2, 0.25) is 0 Å². The van der Waals surface area contributed by atoms with Gasteiger partial charge < -0.3 is 4.90 Å². The fraction of sp³-hybridized carbons (Fsp3) is 0. The third-order valence-corrected chi connectivity index (χ3v) is 9.17. The number of rotatable bonds is 4. The van der Waals surface area contributed by atoms with Gasteiger partial charge in [-0.2, -0.15) is 0 Å². The molecule has 0 radical (unpaired) electrons. The largest absolute Gasteiger partial charge is 0.310 e. The van der Waals surface area contributed by atoms with Gasteiger partial charge in [-0.05, 0) is 89.9 Å². The summed E-state index contributed by atoms with van der Waals surface area (Å²) in [5.74, 6) is 0. The van der Waals surface area contributed by atoms with Gasteiger partial charge >= 0.3 is 0 Å². The van der Waals surface area contributed by atoms with E-state index in [-0.39, 0.29) is 0 Å². The van der Waals surface area contributed by atoms with Gasteiger partial charge in [0.1, 0.15) is 0 Å². The lowest BCUT2D eigenvalue weighted by Gasteiger charge is -2.28. The zero-order valence-corrected chi connectivity index (χ0v) is 24.7. The maximum atomic E-state index is 2.45. The molecule has 9 aromatic rings. The Morgan fingerprint density at radius 3 is 1.67 bits per heavy atom. The second kappa shape index (κ2) is 10.4. The molecular weight excluding hydrogens is 542 g/mol. The van der Waals surface area contributed by atoms with Gasteiger partial charge in [-0.15, -0.1) is 0 Å². The molecule has 0 aliphatic rings. The van der Waals surface area contributed by atoms with Crippen LogP contribution in [0.25, 0.3) is 65.0 Å². The summed E-state index contributed by atoms with van der Waals surface area (Å²) in [6.07, 6.45) is 0. The minimum Gasteiger partial charge on any atom is -0.310 e. The first-order valence-electron chi connectivity index (χ1n) is 15.5. The average molecular weight is 572 g/mol. The van der Waals surface area contributed by atoms with Gasteiger partial charge in [0.25, 0.3) is 0 Å². The first-order valence-corrected chi connectivity index (χ1v) is 15.5. The number of fused-ring (bicyclic) bond motifs is 8. The molecule has 0 aliphatic carbocycles. The molecule has 0 aliphatic heterocycles. The molecule has 0 heterocycles. The van der Waals surface area contributed by atoms with E-state index in [4.69, 9.17) is 0 Å². The first-order chi connectivity index (χ1) is 22.3. The monoisotopic (exact) mass is 571 g/mol. The van der Waals surface area contributed by atoms with Crippen molar-refractivity contribution in [3.05, 3.63) is 176 Å². The van der Waals surface area contributed by atoms with E-state index in [1.165, 1.54) is 70.7 Å². The zero-order chi connectivity index (χ0) is 29.7. The van der Waals surface area contributed by atoms with E-state index in [2.05, 4.69) is 181 Å². The van der Waals surface area contributed by atoms with Crippen LogP contribution in [0, 0.1) is 0 Å². The predicted octanol–water partition coefficient (Wildman–Crippen LogP) is 12.6. The van der Waals surface area contributed by atoms with Crippen LogP contribution < -0.4 is 4.90 Å². The van der Waals surface area contributed by atoms with Crippen molar-refractivity contribution in [3.8, 4) is 11.1 Å². The molecule has 1 nitrogen and oxygen atoms in total. The SMILES string of the molecule is c1ccc(-c2cccc(N(c3ccc4c(ccc5ccccc54)c3)c3cccc4ccc5ccc6ccccc6c5c34)c2)cc1. The molecule has 0 unspecified atom stereocenters. The average Bonchev–Trinajstić information content (AvgIpc) is 3.12. The van der Waals surface area contributed by atoms with E-state index >= 15 is 0 Å². The van der Waals surface area contributed by atoms with Crippen LogP contribution in [0.5, 0.6) is 0 Å². The third kappa shape index (κ3) is 4.24. The molecule has 0 amide bonds. The van der Waals surface area contributed by atoms with E-state index in [9.17, 15) is 0 Å². The molecule has 0 aromatic heterocycles. The van der Waals surface area contributed by atoms with Crippen LogP contribution in [-0.2, 0) is 0 Å². The van der Waals surface area contributed by atoms with Crippen molar-refractivity contribution in [2.75, 3.05) is 4.90 Å². The molecule has 1 heteroatoms. The Hall–Kier alpha value is -5.92. The summed E-state index contributed by atoms with van der Waals surface area (Å²) >= 11 is 0. The molecule has 45 heavy (non-hydrogen) atoms. The Morgan fingerprint density at radius 1 is 0.289 bits per heavy atom. The van der Waals surface area contributed by atoms with E-state index in [1.54, 1.807) is 0 Å². The lowest BCUT2D eigenvalue weighted by Crippen LogP contribution is -2.11. The molecule has 0 atom stereocenters. The predicted molar refractivity (Wildman–Crippen MR) is 194 cm³/mol. The summed E-state index contributed by atoms with van der Waals surface area (Å²) in [7, 11) is 0.